The summed E-state index contributed by atoms with van der Waals surface area (Å²) in [6.45, 7) is 2.90. The van der Waals surface area contributed by atoms with E-state index in [0.717, 1.165) is 52.9 Å². The molecule has 0 radical (unpaired) electrons. The predicted octanol–water partition coefficient (Wildman–Crippen LogP) is 6.08. The fraction of sp³-hybridized carbons (Fsp3) is 0.267. The van der Waals surface area contributed by atoms with Crippen molar-refractivity contribution in [2.75, 3.05) is 14.2 Å². The van der Waals surface area contributed by atoms with Crippen molar-refractivity contribution >= 4 is 0 Å². The maximum atomic E-state index is 5.62. The van der Waals surface area contributed by atoms with E-state index in [2.05, 4.69) is 80.6 Å². The second-order valence-electron chi connectivity index (χ2n) is 9.20. The number of aromatic amines is 1. The molecule has 8 heteroatoms. The highest BCUT2D eigenvalue weighted by Gasteiger charge is 2.19. The third-order valence-electron chi connectivity index (χ3n) is 6.72. The number of nitrogens with one attached hydrogen (secondary N) is 1. The number of unbranched alkanes of at least 4 members (excludes halogenated alkanes) is 1. The lowest BCUT2D eigenvalue weighted by Crippen LogP contribution is -2.09. The number of hydrogen-bond donors (Lipinski definition) is 1. The van der Waals surface area contributed by atoms with Crippen LogP contribution < -0.4 is 0 Å². The molecule has 0 aliphatic heterocycles. The number of H-pyrrole nitrogens is 1. The van der Waals surface area contributed by atoms with Crippen LogP contribution in [0.3, 0.4) is 0 Å². The van der Waals surface area contributed by atoms with Crippen molar-refractivity contribution in [1.82, 2.24) is 30.2 Å². The van der Waals surface area contributed by atoms with E-state index >= 15 is 0 Å². The molecule has 8 nitrogen and oxygen atoms in total. The van der Waals surface area contributed by atoms with Crippen LogP contribution in [0, 0.1) is 0 Å². The molecule has 3 aromatic carbocycles. The first-order valence-corrected chi connectivity index (χ1v) is 12.8. The quantitative estimate of drug-likeness (QED) is 0.218. The lowest BCUT2D eigenvalue weighted by Gasteiger charge is -2.19. The van der Waals surface area contributed by atoms with Gasteiger partial charge >= 0.3 is 0 Å². The number of aromatic nitrogens is 6. The molecule has 0 aliphatic rings. The number of rotatable bonds is 11. The van der Waals surface area contributed by atoms with Gasteiger partial charge in [0, 0.05) is 49.8 Å². The van der Waals surface area contributed by atoms with E-state index in [4.69, 9.17) is 14.5 Å². The Balaban J connectivity index is 1.44. The van der Waals surface area contributed by atoms with E-state index in [0.29, 0.717) is 12.4 Å². The molecule has 38 heavy (non-hydrogen) atoms. The minimum absolute atomic E-state index is 0.464. The fourth-order valence-electron chi connectivity index (χ4n) is 4.77. The summed E-state index contributed by atoms with van der Waals surface area (Å²) in [7, 11) is 3.32. The number of benzene rings is 3. The summed E-state index contributed by atoms with van der Waals surface area (Å²) in [5, 5.41) is 14.4. The normalized spacial score (nSPS) is 11.4. The Morgan fingerprint density at radius 2 is 1.66 bits per heavy atom. The van der Waals surface area contributed by atoms with Crippen molar-refractivity contribution in [3.63, 3.8) is 0 Å². The van der Waals surface area contributed by atoms with Crippen molar-refractivity contribution in [3.05, 3.63) is 95.8 Å². The first kappa shape index (κ1) is 25.5. The second-order valence-corrected chi connectivity index (χ2v) is 9.20. The van der Waals surface area contributed by atoms with Gasteiger partial charge in [-0.05, 0) is 51.6 Å². The number of hydrogen-bond acceptors (Lipinski definition) is 6. The van der Waals surface area contributed by atoms with Crippen LogP contribution in [0.1, 0.15) is 42.7 Å². The Morgan fingerprint density at radius 1 is 0.895 bits per heavy atom. The zero-order chi connectivity index (χ0) is 26.3. The standard InChI is InChI=1S/C30H32N6O2/c1-4-5-8-21-13-16-26(30(37-2)38-3)27(19-21)29-31-17-18-36(29)20-22-11-14-23(15-12-22)24-9-6-7-10-25(24)28-32-34-35-33-28/h6-7,9-19,30H,4-5,8,20H2,1-3H3,(H,32,33,34,35). The third kappa shape index (κ3) is 5.41. The number of imidazole rings is 1. The van der Waals surface area contributed by atoms with Crippen LogP contribution in [0.5, 0.6) is 0 Å². The van der Waals surface area contributed by atoms with E-state index in [9.17, 15) is 0 Å². The van der Waals surface area contributed by atoms with Gasteiger partial charge in [-0.25, -0.2) is 10.1 Å². The fourth-order valence-corrected chi connectivity index (χ4v) is 4.77. The van der Waals surface area contributed by atoms with E-state index in [1.165, 1.54) is 11.1 Å². The highest BCUT2D eigenvalue weighted by Crippen LogP contribution is 2.32. The summed E-state index contributed by atoms with van der Waals surface area (Å²) >= 11 is 0. The van der Waals surface area contributed by atoms with Gasteiger partial charge in [0.25, 0.3) is 0 Å². The first-order valence-electron chi connectivity index (χ1n) is 12.8. The summed E-state index contributed by atoms with van der Waals surface area (Å²) < 4.78 is 13.4. The Kier molecular flexibility index (Phi) is 8.01. The van der Waals surface area contributed by atoms with Gasteiger partial charge < -0.3 is 14.0 Å². The Labute approximate surface area is 222 Å². The van der Waals surface area contributed by atoms with Crippen molar-refractivity contribution in [2.24, 2.45) is 0 Å². The molecule has 0 saturated heterocycles. The van der Waals surface area contributed by atoms with Crippen LogP contribution in [-0.2, 0) is 22.4 Å². The number of tetrazole rings is 1. The van der Waals surface area contributed by atoms with Gasteiger partial charge in [-0.1, -0.05) is 74.0 Å². The van der Waals surface area contributed by atoms with Crippen LogP contribution in [0.15, 0.2) is 79.1 Å². The van der Waals surface area contributed by atoms with Crippen LogP contribution in [0.2, 0.25) is 0 Å². The Hall–Kier alpha value is -4.14. The monoisotopic (exact) mass is 508 g/mol. The predicted molar refractivity (Wildman–Crippen MR) is 147 cm³/mol. The highest BCUT2D eigenvalue weighted by molar-refractivity contribution is 5.80. The van der Waals surface area contributed by atoms with Crippen LogP contribution in [0.4, 0.5) is 0 Å². The zero-order valence-electron chi connectivity index (χ0n) is 22.0. The summed E-state index contributed by atoms with van der Waals surface area (Å²) in [5.41, 5.74) is 7.59. The van der Waals surface area contributed by atoms with Gasteiger partial charge in [0.1, 0.15) is 5.82 Å². The summed E-state index contributed by atoms with van der Waals surface area (Å²) in [6, 6.07) is 23.2. The summed E-state index contributed by atoms with van der Waals surface area (Å²) in [4.78, 5) is 4.75. The molecule has 0 fully saturated rings. The number of ether oxygens (including phenoxy) is 2. The van der Waals surface area contributed by atoms with Crippen molar-refractivity contribution in [2.45, 2.75) is 39.0 Å². The van der Waals surface area contributed by atoms with E-state index in [1.54, 1.807) is 14.2 Å². The molecular weight excluding hydrogens is 476 g/mol. The summed E-state index contributed by atoms with van der Waals surface area (Å²) in [5.74, 6) is 1.54. The van der Waals surface area contributed by atoms with Crippen LogP contribution in [-0.4, -0.2) is 44.4 Å². The molecule has 0 unspecified atom stereocenters. The second kappa shape index (κ2) is 11.9. The largest absolute Gasteiger partial charge is 0.352 e. The third-order valence-corrected chi connectivity index (χ3v) is 6.72. The number of methoxy groups -OCH3 is 2. The Bertz CT molecular complexity index is 1460. The maximum absolute atomic E-state index is 5.62. The average molecular weight is 509 g/mol. The van der Waals surface area contributed by atoms with Gasteiger partial charge in [0.05, 0.1) is 0 Å². The SMILES string of the molecule is CCCCc1ccc(C(OC)OC)c(-c2nccn2Cc2ccc(-c3ccccc3-c3nnn[nH]3)cc2)c1. The van der Waals surface area contributed by atoms with Gasteiger partial charge in [-0.15, -0.1) is 5.10 Å². The van der Waals surface area contributed by atoms with Crippen LogP contribution in [0.25, 0.3) is 33.9 Å². The number of aryl methyl sites for hydroxylation is 1. The molecule has 0 bridgehead atoms. The van der Waals surface area contributed by atoms with Gasteiger partial charge in [-0.3, -0.25) is 0 Å². The lowest BCUT2D eigenvalue weighted by atomic mass is 9.98. The molecule has 0 amide bonds. The van der Waals surface area contributed by atoms with Gasteiger partial charge in [-0.2, -0.15) is 0 Å². The minimum Gasteiger partial charge on any atom is -0.352 e. The smallest absolute Gasteiger partial charge is 0.183 e. The molecule has 5 rings (SSSR count). The van der Waals surface area contributed by atoms with Crippen molar-refractivity contribution < 1.29 is 9.47 Å². The van der Waals surface area contributed by atoms with E-state index in [-0.39, 0.29) is 0 Å². The molecule has 1 N–H and O–H groups in total. The molecule has 2 heterocycles. The molecule has 0 spiro atoms. The van der Waals surface area contributed by atoms with Gasteiger partial charge in [0.2, 0.25) is 0 Å². The molecule has 0 atom stereocenters. The minimum atomic E-state index is -0.464. The van der Waals surface area contributed by atoms with Crippen molar-refractivity contribution in [1.29, 1.82) is 0 Å². The Morgan fingerprint density at radius 3 is 2.37 bits per heavy atom. The van der Waals surface area contributed by atoms with E-state index < -0.39 is 6.29 Å². The highest BCUT2D eigenvalue weighted by atomic mass is 16.7. The molecular formula is C30H32N6O2. The maximum Gasteiger partial charge on any atom is 0.183 e. The number of nitrogens with zero attached hydrogens (tertiary/aromatic N) is 5. The molecule has 194 valence electrons. The first-order chi connectivity index (χ1) is 18.7. The van der Waals surface area contributed by atoms with Gasteiger partial charge in [0.15, 0.2) is 12.1 Å². The van der Waals surface area contributed by atoms with Crippen molar-refractivity contribution in [3.8, 4) is 33.9 Å². The molecule has 5 aromatic rings. The molecule has 0 aliphatic carbocycles. The molecule has 0 saturated carbocycles. The van der Waals surface area contributed by atoms with Crippen LogP contribution >= 0.6 is 0 Å². The zero-order valence-corrected chi connectivity index (χ0v) is 22.0. The lowest BCUT2D eigenvalue weighted by molar-refractivity contribution is -0.105. The average Bonchev–Trinajstić information content (AvgIpc) is 3.66. The summed E-state index contributed by atoms with van der Waals surface area (Å²) in [6.07, 6.45) is 6.74. The molecule has 2 aromatic heterocycles. The van der Waals surface area contributed by atoms with E-state index in [1.807, 2.05) is 30.6 Å². The topological polar surface area (TPSA) is 90.7 Å².